The molecule has 5 heteroatoms. The van der Waals surface area contributed by atoms with E-state index in [0.717, 1.165) is 10.7 Å². The van der Waals surface area contributed by atoms with Crippen molar-refractivity contribution >= 4 is 17.2 Å². The average Bonchev–Trinajstić information content (AvgIpc) is 2.97. The largest absolute Gasteiger partial charge is 0.357 e. The number of nitrogens with one attached hydrogen (secondary N) is 2. The van der Waals surface area contributed by atoms with E-state index in [0.29, 0.717) is 18.2 Å². The zero-order valence-electron chi connectivity index (χ0n) is 9.86. The van der Waals surface area contributed by atoms with Gasteiger partial charge in [-0.3, -0.25) is 4.79 Å². The van der Waals surface area contributed by atoms with Gasteiger partial charge in [-0.2, -0.15) is 0 Å². The molecule has 2 aromatic heterocycles. The number of hydrogen-bond acceptors (Lipinski definition) is 3. The van der Waals surface area contributed by atoms with Gasteiger partial charge in [-0.25, -0.2) is 4.98 Å². The predicted molar refractivity (Wildman–Crippen MR) is 68.2 cm³/mol. The zero-order chi connectivity index (χ0) is 12.3. The quantitative estimate of drug-likeness (QED) is 0.874. The molecular weight excluding hydrogens is 234 g/mol. The Morgan fingerprint density at radius 1 is 1.59 bits per heavy atom. The Morgan fingerprint density at radius 3 is 3.00 bits per heavy atom. The number of rotatable bonds is 4. The van der Waals surface area contributed by atoms with Crippen LogP contribution in [0.25, 0.3) is 0 Å². The molecule has 90 valence electrons. The van der Waals surface area contributed by atoms with Gasteiger partial charge in [0.1, 0.15) is 10.7 Å². The van der Waals surface area contributed by atoms with Crippen molar-refractivity contribution < 1.29 is 4.79 Å². The summed E-state index contributed by atoms with van der Waals surface area (Å²) in [6, 6.07) is 3.55. The van der Waals surface area contributed by atoms with E-state index in [2.05, 4.69) is 29.1 Å². The molecule has 0 saturated heterocycles. The predicted octanol–water partition coefficient (Wildman–Crippen LogP) is 2.52. The number of nitrogens with zero attached hydrogens (tertiary/aromatic N) is 1. The van der Waals surface area contributed by atoms with Crippen molar-refractivity contribution in [1.82, 2.24) is 15.3 Å². The van der Waals surface area contributed by atoms with Gasteiger partial charge in [0, 0.05) is 11.6 Å². The molecule has 2 aromatic rings. The van der Waals surface area contributed by atoms with Gasteiger partial charge < -0.3 is 10.3 Å². The molecule has 2 N–H and O–H groups in total. The van der Waals surface area contributed by atoms with Gasteiger partial charge in [-0.1, -0.05) is 13.8 Å². The van der Waals surface area contributed by atoms with Gasteiger partial charge in [-0.15, -0.1) is 11.3 Å². The highest BCUT2D eigenvalue weighted by atomic mass is 32.1. The normalized spacial score (nSPS) is 10.8. The summed E-state index contributed by atoms with van der Waals surface area (Å²) in [6.07, 6.45) is 1.73. The first kappa shape index (κ1) is 11.9. The van der Waals surface area contributed by atoms with Gasteiger partial charge in [0.25, 0.3) is 5.91 Å². The molecule has 2 rings (SSSR count). The lowest BCUT2D eigenvalue weighted by atomic mass is 10.2. The van der Waals surface area contributed by atoms with E-state index < -0.39 is 0 Å². The number of carbonyl (C=O) groups is 1. The smallest absolute Gasteiger partial charge is 0.268 e. The maximum Gasteiger partial charge on any atom is 0.268 e. The Morgan fingerprint density at radius 2 is 2.41 bits per heavy atom. The van der Waals surface area contributed by atoms with Crippen LogP contribution in [-0.4, -0.2) is 15.9 Å². The van der Waals surface area contributed by atoms with Gasteiger partial charge in [-0.05, 0) is 18.1 Å². The van der Waals surface area contributed by atoms with Crippen LogP contribution in [0.3, 0.4) is 0 Å². The molecule has 0 aromatic carbocycles. The Balaban J connectivity index is 1.91. The topological polar surface area (TPSA) is 57.8 Å². The molecule has 0 spiro atoms. The van der Waals surface area contributed by atoms with Crippen LogP contribution in [0.15, 0.2) is 23.7 Å². The van der Waals surface area contributed by atoms with Crippen LogP contribution in [0.4, 0.5) is 0 Å². The van der Waals surface area contributed by atoms with Gasteiger partial charge in [0.15, 0.2) is 0 Å². The van der Waals surface area contributed by atoms with E-state index in [1.54, 1.807) is 29.7 Å². The van der Waals surface area contributed by atoms with Crippen molar-refractivity contribution in [3.63, 3.8) is 0 Å². The number of amides is 1. The minimum Gasteiger partial charge on any atom is -0.357 e. The van der Waals surface area contributed by atoms with Crippen LogP contribution in [0.2, 0.25) is 0 Å². The number of aromatic nitrogens is 2. The molecule has 0 atom stereocenters. The number of carbonyl (C=O) groups excluding carboxylic acids is 1. The van der Waals surface area contributed by atoms with Crippen molar-refractivity contribution in [2.45, 2.75) is 26.3 Å². The fourth-order valence-corrected chi connectivity index (χ4v) is 2.29. The lowest BCUT2D eigenvalue weighted by molar-refractivity contribution is 0.0946. The minimum absolute atomic E-state index is 0.101. The van der Waals surface area contributed by atoms with E-state index in [4.69, 9.17) is 0 Å². The molecule has 0 fully saturated rings. The highest BCUT2D eigenvalue weighted by Crippen LogP contribution is 2.17. The van der Waals surface area contributed by atoms with E-state index in [1.165, 1.54) is 0 Å². The maximum absolute atomic E-state index is 11.7. The molecule has 4 nitrogen and oxygen atoms in total. The molecule has 2 heterocycles. The van der Waals surface area contributed by atoms with Crippen molar-refractivity contribution in [3.8, 4) is 0 Å². The van der Waals surface area contributed by atoms with E-state index in [1.807, 2.05) is 5.38 Å². The van der Waals surface area contributed by atoms with Crippen LogP contribution in [-0.2, 0) is 6.54 Å². The first-order valence-electron chi connectivity index (χ1n) is 5.52. The van der Waals surface area contributed by atoms with Crippen LogP contribution < -0.4 is 5.32 Å². The summed E-state index contributed by atoms with van der Waals surface area (Å²) in [5.41, 5.74) is 1.66. The Bertz CT molecular complexity index is 488. The van der Waals surface area contributed by atoms with Crippen LogP contribution in [0.1, 0.15) is 41.0 Å². The molecule has 0 aliphatic heterocycles. The highest BCUT2D eigenvalue weighted by molar-refractivity contribution is 7.09. The Hall–Kier alpha value is -1.62. The number of hydrogen-bond donors (Lipinski definition) is 2. The summed E-state index contributed by atoms with van der Waals surface area (Å²) in [6.45, 7) is 4.70. The van der Waals surface area contributed by atoms with Crippen LogP contribution >= 0.6 is 11.3 Å². The third kappa shape index (κ3) is 2.94. The van der Waals surface area contributed by atoms with E-state index >= 15 is 0 Å². The first-order chi connectivity index (χ1) is 8.16. The van der Waals surface area contributed by atoms with Crippen LogP contribution in [0.5, 0.6) is 0 Å². The molecule has 17 heavy (non-hydrogen) atoms. The second kappa shape index (κ2) is 5.14. The fourth-order valence-electron chi connectivity index (χ4n) is 1.39. The van der Waals surface area contributed by atoms with E-state index in [9.17, 15) is 4.79 Å². The lowest BCUT2D eigenvalue weighted by Crippen LogP contribution is -2.22. The Kier molecular flexibility index (Phi) is 3.58. The van der Waals surface area contributed by atoms with Gasteiger partial charge in [0.2, 0.25) is 0 Å². The third-order valence-corrected chi connectivity index (χ3v) is 3.27. The number of aromatic amines is 1. The monoisotopic (exact) mass is 249 g/mol. The molecule has 0 unspecified atom stereocenters. The Labute approximate surface area is 104 Å². The maximum atomic E-state index is 11.7. The number of H-pyrrole nitrogens is 1. The molecule has 1 amide bonds. The molecule has 0 aliphatic carbocycles. The molecular formula is C12H15N3OS. The second-order valence-corrected chi connectivity index (χ2v) is 5.03. The molecule has 0 radical (unpaired) electrons. The summed E-state index contributed by atoms with van der Waals surface area (Å²) in [5, 5.41) is 5.81. The SMILES string of the molecule is CC(C)c1csc(CNC(=O)c2ccc[nH]2)n1. The minimum atomic E-state index is -0.101. The lowest BCUT2D eigenvalue weighted by Gasteiger charge is -2.01. The highest BCUT2D eigenvalue weighted by Gasteiger charge is 2.08. The summed E-state index contributed by atoms with van der Waals surface area (Å²) in [4.78, 5) is 19.0. The second-order valence-electron chi connectivity index (χ2n) is 4.09. The van der Waals surface area contributed by atoms with Gasteiger partial charge >= 0.3 is 0 Å². The molecule has 0 saturated carbocycles. The summed E-state index contributed by atoms with van der Waals surface area (Å²) in [5.74, 6) is 0.329. The van der Waals surface area contributed by atoms with E-state index in [-0.39, 0.29) is 5.91 Å². The molecule has 0 bridgehead atoms. The van der Waals surface area contributed by atoms with Gasteiger partial charge in [0.05, 0.1) is 12.2 Å². The van der Waals surface area contributed by atoms with Crippen LogP contribution in [0, 0.1) is 0 Å². The van der Waals surface area contributed by atoms with Crippen molar-refractivity contribution in [3.05, 3.63) is 40.1 Å². The standard InChI is InChI=1S/C12H15N3OS/c1-8(2)10-7-17-11(15-10)6-14-12(16)9-4-3-5-13-9/h3-5,7-8,13H,6H2,1-2H3,(H,14,16). The van der Waals surface area contributed by atoms with Crippen molar-refractivity contribution in [2.24, 2.45) is 0 Å². The average molecular weight is 249 g/mol. The first-order valence-corrected chi connectivity index (χ1v) is 6.40. The van der Waals surface area contributed by atoms with Crippen molar-refractivity contribution in [2.75, 3.05) is 0 Å². The summed E-state index contributed by atoms with van der Waals surface area (Å²) < 4.78 is 0. The zero-order valence-corrected chi connectivity index (χ0v) is 10.7. The summed E-state index contributed by atoms with van der Waals surface area (Å²) >= 11 is 1.58. The summed E-state index contributed by atoms with van der Waals surface area (Å²) in [7, 11) is 0. The molecule has 0 aliphatic rings. The van der Waals surface area contributed by atoms with Crippen molar-refractivity contribution in [1.29, 1.82) is 0 Å². The number of thiazole rings is 1. The fraction of sp³-hybridized carbons (Fsp3) is 0.333. The third-order valence-electron chi connectivity index (χ3n) is 2.40.